The van der Waals surface area contributed by atoms with Crippen LogP contribution >= 0.6 is 11.8 Å². The molecule has 10 heteroatoms. The van der Waals surface area contributed by atoms with Crippen molar-refractivity contribution < 1.29 is 23.7 Å². The summed E-state index contributed by atoms with van der Waals surface area (Å²) < 4.78 is 21.9. The number of thioether (sulfide) groups is 1. The fraction of sp³-hybridized carbons (Fsp3) is 0.308. The maximum absolute atomic E-state index is 13.2. The molecular weight excluding hydrogens is 480 g/mol. The van der Waals surface area contributed by atoms with E-state index in [0.717, 1.165) is 11.3 Å². The minimum Gasteiger partial charge on any atom is -0.493 e. The summed E-state index contributed by atoms with van der Waals surface area (Å²) in [5.74, 6) is -0.347. The first-order valence-electron chi connectivity index (χ1n) is 11.0. The molecule has 0 saturated heterocycles. The van der Waals surface area contributed by atoms with Crippen LogP contribution in [0.25, 0.3) is 0 Å². The van der Waals surface area contributed by atoms with Crippen LogP contribution < -0.4 is 15.2 Å². The van der Waals surface area contributed by atoms with Gasteiger partial charge in [-0.25, -0.2) is 9.78 Å². The number of aryl methyl sites for hydroxylation is 2. The number of carbonyl (C=O) groups excluding carboxylic acids is 1. The largest absolute Gasteiger partial charge is 0.493 e. The Bertz CT molecular complexity index is 1340. The molecule has 36 heavy (non-hydrogen) atoms. The minimum absolute atomic E-state index is 0.0706. The van der Waals surface area contributed by atoms with Crippen LogP contribution in [0.5, 0.6) is 11.5 Å². The maximum Gasteiger partial charge on any atom is 0.338 e. The number of hydrogen-bond donors (Lipinski definition) is 1. The molecule has 3 rings (SSSR count). The first-order chi connectivity index (χ1) is 17.3. The van der Waals surface area contributed by atoms with Crippen molar-refractivity contribution in [1.29, 1.82) is 10.5 Å². The van der Waals surface area contributed by atoms with Gasteiger partial charge in [0.25, 0.3) is 0 Å². The number of ether oxygens (including phenoxy) is 4. The Kier molecular flexibility index (Phi) is 8.46. The number of methoxy groups -OCH3 is 2. The lowest BCUT2D eigenvalue weighted by Gasteiger charge is -2.28. The molecular formula is C26H26N4O5S. The Balaban J connectivity index is 2.16. The molecule has 9 nitrogen and oxygen atoms in total. The average molecular weight is 507 g/mol. The number of nitrogens with zero attached hydrogens (tertiary/aromatic N) is 3. The standard InChI is InChI=1S/C26H26N4O5S/c1-6-34-26(31)23-21(13-36-25-17(11-27)14(2)9-15(3)30-25)35-24(29)18(12-28)22(23)16-7-8-19(32-4)20(10-16)33-5/h7-10,22H,6,13,29H2,1-5H3. The molecule has 186 valence electrons. The zero-order valence-corrected chi connectivity index (χ0v) is 21.5. The molecule has 2 heterocycles. The smallest absolute Gasteiger partial charge is 0.338 e. The molecule has 1 aliphatic heterocycles. The number of aromatic nitrogens is 1. The van der Waals surface area contributed by atoms with Crippen molar-refractivity contribution in [3.63, 3.8) is 0 Å². The quantitative estimate of drug-likeness (QED) is 0.412. The fourth-order valence-electron chi connectivity index (χ4n) is 3.90. The predicted molar refractivity (Wildman–Crippen MR) is 133 cm³/mol. The molecule has 1 aromatic carbocycles. The molecule has 1 aromatic heterocycles. The number of pyridine rings is 1. The van der Waals surface area contributed by atoms with Gasteiger partial charge in [0.15, 0.2) is 11.5 Å². The van der Waals surface area contributed by atoms with Crippen LogP contribution in [-0.2, 0) is 14.3 Å². The van der Waals surface area contributed by atoms with Crippen LogP contribution in [0.4, 0.5) is 0 Å². The zero-order chi connectivity index (χ0) is 26.4. The van der Waals surface area contributed by atoms with E-state index >= 15 is 0 Å². The monoisotopic (exact) mass is 506 g/mol. The molecule has 0 amide bonds. The van der Waals surface area contributed by atoms with Gasteiger partial charge in [0.1, 0.15) is 28.5 Å². The van der Waals surface area contributed by atoms with Gasteiger partial charge in [-0.3, -0.25) is 0 Å². The molecule has 1 atom stereocenters. The highest BCUT2D eigenvalue weighted by Gasteiger charge is 2.38. The van der Waals surface area contributed by atoms with Gasteiger partial charge in [0.05, 0.1) is 43.6 Å². The normalized spacial score (nSPS) is 15.0. The van der Waals surface area contributed by atoms with E-state index in [9.17, 15) is 15.3 Å². The highest BCUT2D eigenvalue weighted by Crippen LogP contribution is 2.43. The van der Waals surface area contributed by atoms with Crippen LogP contribution in [0, 0.1) is 36.5 Å². The number of nitriles is 2. The van der Waals surface area contributed by atoms with Gasteiger partial charge in [0, 0.05) is 5.69 Å². The van der Waals surface area contributed by atoms with Gasteiger partial charge < -0.3 is 24.7 Å². The highest BCUT2D eigenvalue weighted by atomic mass is 32.2. The molecule has 0 aliphatic carbocycles. The van der Waals surface area contributed by atoms with Crippen molar-refractivity contribution >= 4 is 17.7 Å². The van der Waals surface area contributed by atoms with Crippen molar-refractivity contribution in [2.75, 3.05) is 26.6 Å². The number of esters is 1. The summed E-state index contributed by atoms with van der Waals surface area (Å²) in [4.78, 5) is 17.7. The van der Waals surface area contributed by atoms with Crippen LogP contribution in [0.1, 0.15) is 35.2 Å². The van der Waals surface area contributed by atoms with Crippen molar-refractivity contribution in [1.82, 2.24) is 4.98 Å². The van der Waals surface area contributed by atoms with Crippen molar-refractivity contribution in [3.05, 3.63) is 69.4 Å². The van der Waals surface area contributed by atoms with E-state index in [2.05, 4.69) is 17.1 Å². The predicted octanol–water partition coefficient (Wildman–Crippen LogP) is 4.00. The Hall–Kier alpha value is -4.15. The number of hydrogen-bond acceptors (Lipinski definition) is 10. The van der Waals surface area contributed by atoms with Crippen LogP contribution in [0.15, 0.2) is 52.1 Å². The molecule has 0 spiro atoms. The van der Waals surface area contributed by atoms with Gasteiger partial charge in [-0.2, -0.15) is 10.5 Å². The Labute approximate surface area is 214 Å². The van der Waals surface area contributed by atoms with Gasteiger partial charge in [-0.15, -0.1) is 0 Å². The van der Waals surface area contributed by atoms with E-state index in [1.807, 2.05) is 19.9 Å². The number of allylic oxidation sites excluding steroid dienone is 1. The lowest BCUT2D eigenvalue weighted by Crippen LogP contribution is -2.27. The molecule has 1 aliphatic rings. The first kappa shape index (κ1) is 26.5. The summed E-state index contributed by atoms with van der Waals surface area (Å²) in [7, 11) is 3.01. The summed E-state index contributed by atoms with van der Waals surface area (Å²) >= 11 is 1.24. The van der Waals surface area contributed by atoms with Gasteiger partial charge in [-0.05, 0) is 50.1 Å². The molecule has 0 fully saturated rings. The van der Waals surface area contributed by atoms with Crippen LogP contribution in [-0.4, -0.2) is 37.5 Å². The maximum atomic E-state index is 13.2. The van der Waals surface area contributed by atoms with Crippen LogP contribution in [0.3, 0.4) is 0 Å². The molecule has 2 aromatic rings. The average Bonchev–Trinajstić information content (AvgIpc) is 2.86. The third-order valence-corrected chi connectivity index (χ3v) is 6.47. The van der Waals surface area contributed by atoms with E-state index in [4.69, 9.17) is 24.7 Å². The SMILES string of the molecule is CCOC(=O)C1=C(CSc2nc(C)cc(C)c2C#N)OC(N)=C(C#N)C1c1ccc(OC)c(OC)c1. The topological polar surface area (TPSA) is 140 Å². The summed E-state index contributed by atoms with van der Waals surface area (Å²) in [6.07, 6.45) is 0. The van der Waals surface area contributed by atoms with E-state index in [0.29, 0.717) is 27.7 Å². The second-order valence-electron chi connectivity index (χ2n) is 7.76. The third-order valence-electron chi connectivity index (χ3n) is 5.50. The van der Waals surface area contributed by atoms with E-state index in [1.54, 1.807) is 25.1 Å². The summed E-state index contributed by atoms with van der Waals surface area (Å²) in [6.45, 7) is 5.49. The van der Waals surface area contributed by atoms with E-state index < -0.39 is 11.9 Å². The number of benzene rings is 1. The van der Waals surface area contributed by atoms with E-state index in [1.165, 1.54) is 26.0 Å². The van der Waals surface area contributed by atoms with Gasteiger partial charge >= 0.3 is 5.97 Å². The zero-order valence-electron chi connectivity index (χ0n) is 20.7. The Morgan fingerprint density at radius 3 is 2.50 bits per heavy atom. The second-order valence-corrected chi connectivity index (χ2v) is 8.72. The summed E-state index contributed by atoms with van der Waals surface area (Å²) in [6, 6.07) is 11.2. The third kappa shape index (κ3) is 5.24. The number of nitrogens with two attached hydrogens (primary N) is 1. The minimum atomic E-state index is -0.860. The highest BCUT2D eigenvalue weighted by molar-refractivity contribution is 7.99. The second kappa shape index (κ2) is 11.5. The molecule has 0 radical (unpaired) electrons. The number of rotatable bonds is 8. The Morgan fingerprint density at radius 2 is 1.89 bits per heavy atom. The fourth-order valence-corrected chi connectivity index (χ4v) is 4.94. The lowest BCUT2D eigenvalue weighted by atomic mass is 9.83. The molecule has 1 unspecified atom stereocenters. The van der Waals surface area contributed by atoms with Gasteiger partial charge in [0.2, 0.25) is 5.88 Å². The summed E-state index contributed by atoms with van der Waals surface area (Å²) in [5.41, 5.74) is 8.94. The van der Waals surface area contributed by atoms with Crippen LogP contribution in [0.2, 0.25) is 0 Å². The lowest BCUT2D eigenvalue weighted by molar-refractivity contribution is -0.139. The van der Waals surface area contributed by atoms with Crippen molar-refractivity contribution in [2.45, 2.75) is 31.7 Å². The molecule has 0 saturated carbocycles. The van der Waals surface area contributed by atoms with Crippen molar-refractivity contribution in [3.8, 4) is 23.6 Å². The van der Waals surface area contributed by atoms with E-state index in [-0.39, 0.29) is 35.1 Å². The number of carbonyl (C=O) groups is 1. The Morgan fingerprint density at radius 1 is 1.17 bits per heavy atom. The van der Waals surface area contributed by atoms with Gasteiger partial charge in [-0.1, -0.05) is 17.8 Å². The first-order valence-corrected chi connectivity index (χ1v) is 12.0. The molecule has 0 bridgehead atoms. The van der Waals surface area contributed by atoms with Crippen molar-refractivity contribution in [2.24, 2.45) is 5.73 Å². The summed E-state index contributed by atoms with van der Waals surface area (Å²) in [5, 5.41) is 20.1. The molecule has 2 N–H and O–H groups in total.